The van der Waals surface area contributed by atoms with Gasteiger partial charge in [-0.15, -0.1) is 0 Å². The lowest BCUT2D eigenvalue weighted by Crippen LogP contribution is -2.36. The number of benzene rings is 2. The van der Waals surface area contributed by atoms with Gasteiger partial charge in [0.1, 0.15) is 5.69 Å². The monoisotopic (exact) mass is 367 g/mol. The number of nitro benzene ring substituents is 1. The van der Waals surface area contributed by atoms with Crippen LogP contribution in [0.5, 0.6) is 0 Å². The normalized spacial score (nSPS) is 12.3. The molecular weight excluding hydrogens is 346 g/mol. The van der Waals surface area contributed by atoms with Gasteiger partial charge < -0.3 is 15.2 Å². The van der Waals surface area contributed by atoms with E-state index in [-0.39, 0.29) is 17.1 Å². The summed E-state index contributed by atoms with van der Waals surface area (Å²) in [6.45, 7) is 0.511. The molecule has 0 spiro atoms. The summed E-state index contributed by atoms with van der Waals surface area (Å²) in [4.78, 5) is 31.5. The third-order valence-electron chi connectivity index (χ3n) is 4.53. The number of nitrogens with one attached hydrogen (secondary N) is 2. The van der Waals surface area contributed by atoms with Crippen molar-refractivity contribution < 1.29 is 4.92 Å². The fraction of sp³-hybridized carbons (Fsp3) is 0.263. The minimum Gasteiger partial charge on any atom is -0.378 e. The summed E-state index contributed by atoms with van der Waals surface area (Å²) in [7, 11) is 3.95. The zero-order valence-electron chi connectivity index (χ0n) is 15.2. The van der Waals surface area contributed by atoms with Crippen LogP contribution in [0.3, 0.4) is 0 Å². The SMILES string of the molecule is CN(C)C(CNc1cc2nc[nH]c(=O)c2cc1[N+](=O)[O-])Cc1ccccc1. The first-order valence-electron chi connectivity index (χ1n) is 8.55. The largest absolute Gasteiger partial charge is 0.378 e. The van der Waals surface area contributed by atoms with Crippen LogP contribution in [0.15, 0.2) is 53.6 Å². The van der Waals surface area contributed by atoms with Crippen molar-refractivity contribution in [3.8, 4) is 0 Å². The van der Waals surface area contributed by atoms with E-state index >= 15 is 0 Å². The molecule has 0 saturated heterocycles. The number of nitrogens with zero attached hydrogens (tertiary/aromatic N) is 3. The predicted octanol–water partition coefficient (Wildman–Crippen LogP) is 2.42. The molecule has 0 saturated carbocycles. The van der Waals surface area contributed by atoms with Gasteiger partial charge in [0, 0.05) is 18.7 Å². The maximum atomic E-state index is 11.9. The smallest absolute Gasteiger partial charge is 0.293 e. The molecule has 2 N–H and O–H groups in total. The molecular formula is C19H21N5O3. The van der Waals surface area contributed by atoms with Crippen LogP contribution < -0.4 is 10.9 Å². The molecule has 0 aliphatic heterocycles. The van der Waals surface area contributed by atoms with Gasteiger partial charge >= 0.3 is 0 Å². The zero-order valence-corrected chi connectivity index (χ0v) is 15.2. The number of H-pyrrole nitrogens is 1. The van der Waals surface area contributed by atoms with Gasteiger partial charge in [-0.25, -0.2) is 4.98 Å². The topological polar surface area (TPSA) is 104 Å². The Labute approximate surface area is 156 Å². The summed E-state index contributed by atoms with van der Waals surface area (Å²) in [5, 5.41) is 14.8. The molecule has 1 heterocycles. The molecule has 1 aromatic heterocycles. The first kappa shape index (κ1) is 18.5. The number of aromatic amines is 1. The molecule has 0 aliphatic carbocycles. The fourth-order valence-corrected chi connectivity index (χ4v) is 2.95. The number of likely N-dealkylation sites (N-methyl/N-ethyl adjacent to an activating group) is 1. The minimum absolute atomic E-state index is 0.134. The average Bonchev–Trinajstić information content (AvgIpc) is 2.65. The summed E-state index contributed by atoms with van der Waals surface area (Å²) in [6.07, 6.45) is 2.10. The average molecular weight is 367 g/mol. The second-order valence-electron chi connectivity index (χ2n) is 6.56. The van der Waals surface area contributed by atoms with Crippen LogP contribution in [0.2, 0.25) is 0 Å². The summed E-state index contributed by atoms with van der Waals surface area (Å²) >= 11 is 0. The molecule has 8 heteroatoms. The lowest BCUT2D eigenvalue weighted by Gasteiger charge is -2.25. The molecule has 0 fully saturated rings. The van der Waals surface area contributed by atoms with E-state index in [2.05, 4.69) is 32.3 Å². The van der Waals surface area contributed by atoms with E-state index in [9.17, 15) is 14.9 Å². The molecule has 3 rings (SSSR count). The van der Waals surface area contributed by atoms with E-state index in [0.29, 0.717) is 17.7 Å². The maximum Gasteiger partial charge on any atom is 0.293 e. The summed E-state index contributed by atoms with van der Waals surface area (Å²) < 4.78 is 0. The van der Waals surface area contributed by atoms with Crippen LogP contribution in [-0.4, -0.2) is 46.5 Å². The standard InChI is InChI=1S/C19H21N5O3/c1-23(2)14(8-13-6-4-3-5-7-13)11-20-17-10-16-15(9-18(17)24(26)27)19(25)22-12-21-16/h3-7,9-10,12,14,20H,8,11H2,1-2H3,(H,21,22,25). The van der Waals surface area contributed by atoms with Crippen LogP contribution in [0, 0.1) is 10.1 Å². The fourth-order valence-electron chi connectivity index (χ4n) is 2.95. The molecule has 27 heavy (non-hydrogen) atoms. The van der Waals surface area contributed by atoms with Gasteiger partial charge in [0.15, 0.2) is 0 Å². The van der Waals surface area contributed by atoms with Crippen LogP contribution >= 0.6 is 0 Å². The van der Waals surface area contributed by atoms with E-state index in [1.165, 1.54) is 18.0 Å². The molecule has 0 bridgehead atoms. The number of hydrogen-bond acceptors (Lipinski definition) is 6. The molecule has 140 valence electrons. The van der Waals surface area contributed by atoms with Gasteiger partial charge in [0.2, 0.25) is 0 Å². The second kappa shape index (κ2) is 7.96. The highest BCUT2D eigenvalue weighted by atomic mass is 16.6. The van der Waals surface area contributed by atoms with Crippen molar-refractivity contribution in [2.75, 3.05) is 26.0 Å². The number of anilines is 1. The zero-order chi connectivity index (χ0) is 19.4. The Morgan fingerprint density at radius 1 is 1.26 bits per heavy atom. The van der Waals surface area contributed by atoms with Crippen molar-refractivity contribution in [2.24, 2.45) is 0 Å². The van der Waals surface area contributed by atoms with Crippen LogP contribution in [-0.2, 0) is 6.42 Å². The molecule has 0 radical (unpaired) electrons. The van der Waals surface area contributed by atoms with Gasteiger partial charge in [0.25, 0.3) is 11.2 Å². The Balaban J connectivity index is 1.87. The molecule has 0 amide bonds. The van der Waals surface area contributed by atoms with Crippen molar-refractivity contribution in [1.82, 2.24) is 14.9 Å². The number of rotatable bonds is 7. The number of aromatic nitrogens is 2. The third kappa shape index (κ3) is 4.29. The van der Waals surface area contributed by atoms with Crippen LogP contribution in [0.25, 0.3) is 10.9 Å². The number of nitro groups is 1. The molecule has 3 aromatic rings. The third-order valence-corrected chi connectivity index (χ3v) is 4.53. The van der Waals surface area contributed by atoms with E-state index in [4.69, 9.17) is 0 Å². The predicted molar refractivity (Wildman–Crippen MR) is 105 cm³/mol. The first-order valence-corrected chi connectivity index (χ1v) is 8.55. The highest BCUT2D eigenvalue weighted by molar-refractivity contribution is 5.86. The van der Waals surface area contributed by atoms with E-state index in [0.717, 1.165) is 6.42 Å². The van der Waals surface area contributed by atoms with Gasteiger partial charge in [-0.3, -0.25) is 14.9 Å². The Morgan fingerprint density at radius 3 is 2.67 bits per heavy atom. The maximum absolute atomic E-state index is 11.9. The highest BCUT2D eigenvalue weighted by Crippen LogP contribution is 2.28. The lowest BCUT2D eigenvalue weighted by molar-refractivity contribution is -0.383. The Hall–Kier alpha value is -3.26. The van der Waals surface area contributed by atoms with E-state index in [1.54, 1.807) is 6.07 Å². The quantitative estimate of drug-likeness (QED) is 0.491. The first-order chi connectivity index (χ1) is 13.0. The summed E-state index contributed by atoms with van der Waals surface area (Å²) in [5.41, 5.74) is 1.42. The van der Waals surface area contributed by atoms with Gasteiger partial charge in [-0.1, -0.05) is 30.3 Å². The summed E-state index contributed by atoms with van der Waals surface area (Å²) in [6, 6.07) is 13.0. The Kier molecular flexibility index (Phi) is 5.46. The summed E-state index contributed by atoms with van der Waals surface area (Å²) in [5.74, 6) is 0. The number of fused-ring (bicyclic) bond motifs is 1. The Bertz CT molecular complexity index is 1000. The van der Waals surface area contributed by atoms with Crippen LogP contribution in [0.1, 0.15) is 5.56 Å². The minimum atomic E-state index is -0.490. The van der Waals surface area contributed by atoms with Crippen molar-refractivity contribution in [2.45, 2.75) is 12.5 Å². The van der Waals surface area contributed by atoms with Crippen molar-refractivity contribution in [3.05, 3.63) is 74.8 Å². The van der Waals surface area contributed by atoms with E-state index in [1.807, 2.05) is 32.3 Å². The lowest BCUT2D eigenvalue weighted by atomic mass is 10.0. The van der Waals surface area contributed by atoms with Gasteiger partial charge in [-0.2, -0.15) is 0 Å². The van der Waals surface area contributed by atoms with Gasteiger partial charge in [0.05, 0.1) is 22.2 Å². The van der Waals surface area contributed by atoms with Crippen LogP contribution in [0.4, 0.5) is 11.4 Å². The molecule has 1 unspecified atom stereocenters. The Morgan fingerprint density at radius 2 is 2.00 bits per heavy atom. The van der Waals surface area contributed by atoms with Crippen molar-refractivity contribution >= 4 is 22.3 Å². The molecule has 2 aromatic carbocycles. The second-order valence-corrected chi connectivity index (χ2v) is 6.56. The van der Waals surface area contributed by atoms with Crippen molar-refractivity contribution in [1.29, 1.82) is 0 Å². The molecule has 8 nitrogen and oxygen atoms in total. The van der Waals surface area contributed by atoms with E-state index < -0.39 is 10.5 Å². The van der Waals surface area contributed by atoms with Gasteiger partial charge in [-0.05, 0) is 32.1 Å². The molecule has 1 atom stereocenters. The molecule has 0 aliphatic rings. The van der Waals surface area contributed by atoms with Crippen molar-refractivity contribution in [3.63, 3.8) is 0 Å². The highest BCUT2D eigenvalue weighted by Gasteiger charge is 2.19. The number of hydrogen-bond donors (Lipinski definition) is 2.